The van der Waals surface area contributed by atoms with Gasteiger partial charge in [-0.3, -0.25) is 20.4 Å². The molecule has 0 heterocycles. The number of rotatable bonds is 4. The summed E-state index contributed by atoms with van der Waals surface area (Å²) in [6.45, 7) is 3.96. The maximum absolute atomic E-state index is 12.3. The Labute approximate surface area is 157 Å². The molecule has 2 amide bonds. The third-order valence-corrected chi connectivity index (χ3v) is 4.25. The van der Waals surface area contributed by atoms with Gasteiger partial charge in [-0.15, -0.1) is 0 Å². The lowest BCUT2D eigenvalue weighted by Crippen LogP contribution is -2.44. The zero-order valence-electron chi connectivity index (χ0n) is 15.2. The number of anilines is 1. The van der Waals surface area contributed by atoms with Crippen LogP contribution in [0.5, 0.6) is 5.75 Å². The minimum atomic E-state index is -0.585. The molecule has 0 saturated carbocycles. The quantitative estimate of drug-likeness (QED) is 0.536. The summed E-state index contributed by atoms with van der Waals surface area (Å²) < 4.78 is 0. The highest BCUT2D eigenvalue weighted by molar-refractivity contribution is 6.02. The van der Waals surface area contributed by atoms with Crippen molar-refractivity contribution in [2.75, 3.05) is 11.9 Å². The summed E-state index contributed by atoms with van der Waals surface area (Å²) >= 11 is 0. The van der Waals surface area contributed by atoms with E-state index in [1.54, 1.807) is 6.07 Å². The largest absolute Gasteiger partial charge is 0.507 e. The van der Waals surface area contributed by atoms with Crippen LogP contribution in [0.1, 0.15) is 21.5 Å². The van der Waals surface area contributed by atoms with E-state index in [0.29, 0.717) is 0 Å². The monoisotopic (exact) mass is 363 g/mol. The summed E-state index contributed by atoms with van der Waals surface area (Å²) in [5, 5.41) is 14.7. The number of benzene rings is 3. The van der Waals surface area contributed by atoms with Crippen LogP contribution in [-0.2, 0) is 4.79 Å². The van der Waals surface area contributed by atoms with E-state index in [1.165, 1.54) is 6.07 Å². The van der Waals surface area contributed by atoms with Crippen LogP contribution in [0.3, 0.4) is 0 Å². The lowest BCUT2D eigenvalue weighted by Gasteiger charge is -2.12. The number of phenolic OH excluding ortho intramolecular Hbond substituents is 1. The molecule has 0 aliphatic heterocycles. The summed E-state index contributed by atoms with van der Waals surface area (Å²) in [6.07, 6.45) is 0. The predicted molar refractivity (Wildman–Crippen MR) is 106 cm³/mol. The molecule has 3 aromatic carbocycles. The van der Waals surface area contributed by atoms with Crippen molar-refractivity contribution in [2.24, 2.45) is 0 Å². The van der Waals surface area contributed by atoms with Crippen molar-refractivity contribution in [3.05, 3.63) is 71.3 Å². The van der Waals surface area contributed by atoms with Gasteiger partial charge in [0.1, 0.15) is 5.75 Å². The summed E-state index contributed by atoms with van der Waals surface area (Å²) in [7, 11) is 0. The van der Waals surface area contributed by atoms with Gasteiger partial charge in [-0.05, 0) is 48.4 Å². The Morgan fingerprint density at radius 1 is 0.926 bits per heavy atom. The molecule has 0 bridgehead atoms. The topological polar surface area (TPSA) is 90.5 Å². The Morgan fingerprint density at radius 2 is 1.63 bits per heavy atom. The fraction of sp³-hybridized carbons (Fsp3) is 0.143. The molecule has 138 valence electrons. The van der Waals surface area contributed by atoms with Crippen molar-refractivity contribution in [1.29, 1.82) is 0 Å². The summed E-state index contributed by atoms with van der Waals surface area (Å²) in [5.41, 5.74) is 7.80. The second-order valence-electron chi connectivity index (χ2n) is 6.39. The highest BCUT2D eigenvalue weighted by Crippen LogP contribution is 2.24. The number of fused-ring (bicyclic) bond motifs is 1. The molecule has 4 N–H and O–H groups in total. The average molecular weight is 363 g/mol. The first kappa shape index (κ1) is 18.3. The molecule has 0 spiro atoms. The molecule has 6 nitrogen and oxygen atoms in total. The van der Waals surface area contributed by atoms with Crippen molar-refractivity contribution >= 4 is 28.3 Å². The lowest BCUT2D eigenvalue weighted by molar-refractivity contribution is -0.120. The number of carbonyl (C=O) groups excluding carboxylic acids is 2. The Morgan fingerprint density at radius 3 is 2.33 bits per heavy atom. The molecular weight excluding hydrogens is 342 g/mol. The molecule has 0 radical (unpaired) electrons. The first-order valence-electron chi connectivity index (χ1n) is 8.56. The van der Waals surface area contributed by atoms with E-state index in [1.807, 2.05) is 56.3 Å². The smallest absolute Gasteiger partial charge is 0.273 e. The van der Waals surface area contributed by atoms with Crippen molar-refractivity contribution in [1.82, 2.24) is 10.9 Å². The van der Waals surface area contributed by atoms with Gasteiger partial charge in [0.25, 0.3) is 11.8 Å². The number of aromatic hydroxyl groups is 1. The Hall–Kier alpha value is -3.54. The SMILES string of the molecule is Cc1ccc(NCC(=O)NNC(=O)c2cc3ccccc3cc2O)c(C)c1. The van der Waals surface area contributed by atoms with E-state index < -0.39 is 11.8 Å². The van der Waals surface area contributed by atoms with E-state index in [9.17, 15) is 14.7 Å². The van der Waals surface area contributed by atoms with Crippen molar-refractivity contribution in [3.63, 3.8) is 0 Å². The van der Waals surface area contributed by atoms with Crippen molar-refractivity contribution in [3.8, 4) is 5.75 Å². The van der Waals surface area contributed by atoms with Gasteiger partial charge in [-0.2, -0.15) is 0 Å². The van der Waals surface area contributed by atoms with Gasteiger partial charge in [0.15, 0.2) is 0 Å². The maximum Gasteiger partial charge on any atom is 0.273 e. The third kappa shape index (κ3) is 4.36. The van der Waals surface area contributed by atoms with Crippen LogP contribution in [0.15, 0.2) is 54.6 Å². The zero-order chi connectivity index (χ0) is 19.4. The van der Waals surface area contributed by atoms with Crippen LogP contribution in [0.2, 0.25) is 0 Å². The molecule has 0 atom stereocenters. The van der Waals surface area contributed by atoms with Crippen LogP contribution in [0, 0.1) is 13.8 Å². The van der Waals surface area contributed by atoms with E-state index in [4.69, 9.17) is 0 Å². The molecule has 0 aliphatic rings. The van der Waals surface area contributed by atoms with Gasteiger partial charge in [0.2, 0.25) is 0 Å². The van der Waals surface area contributed by atoms with Gasteiger partial charge >= 0.3 is 0 Å². The van der Waals surface area contributed by atoms with Crippen molar-refractivity contribution in [2.45, 2.75) is 13.8 Å². The van der Waals surface area contributed by atoms with E-state index >= 15 is 0 Å². The molecule has 0 fully saturated rings. The van der Waals surface area contributed by atoms with Gasteiger partial charge in [0.05, 0.1) is 12.1 Å². The minimum Gasteiger partial charge on any atom is -0.507 e. The van der Waals surface area contributed by atoms with Crippen molar-refractivity contribution < 1.29 is 14.7 Å². The fourth-order valence-electron chi connectivity index (χ4n) is 2.84. The second-order valence-corrected chi connectivity index (χ2v) is 6.39. The highest BCUT2D eigenvalue weighted by atomic mass is 16.3. The number of carbonyl (C=O) groups is 2. The van der Waals surface area contributed by atoms with Gasteiger partial charge in [-0.1, -0.05) is 42.0 Å². The second kappa shape index (κ2) is 7.78. The average Bonchev–Trinajstić information content (AvgIpc) is 2.64. The summed E-state index contributed by atoms with van der Waals surface area (Å²) in [4.78, 5) is 24.3. The van der Waals surface area contributed by atoms with Crippen LogP contribution in [0.4, 0.5) is 5.69 Å². The Balaban J connectivity index is 1.58. The molecule has 0 aliphatic carbocycles. The molecule has 3 rings (SSSR count). The molecule has 0 aromatic heterocycles. The summed E-state index contributed by atoms with van der Waals surface area (Å²) in [5.74, 6) is -1.13. The third-order valence-electron chi connectivity index (χ3n) is 4.25. The number of hydrogen-bond acceptors (Lipinski definition) is 4. The predicted octanol–water partition coefficient (Wildman–Crippen LogP) is 3.04. The maximum atomic E-state index is 12.3. The molecule has 27 heavy (non-hydrogen) atoms. The summed E-state index contributed by atoms with van der Waals surface area (Å²) in [6, 6.07) is 16.4. The highest BCUT2D eigenvalue weighted by Gasteiger charge is 2.13. The van der Waals surface area contributed by atoms with Gasteiger partial charge in [0, 0.05) is 5.69 Å². The number of aryl methyl sites for hydroxylation is 2. The molecule has 0 unspecified atom stereocenters. The number of amides is 2. The van der Waals surface area contributed by atoms with Crippen LogP contribution in [0.25, 0.3) is 10.8 Å². The number of phenols is 1. The van der Waals surface area contributed by atoms with E-state index in [2.05, 4.69) is 16.2 Å². The standard InChI is InChI=1S/C21H21N3O3/c1-13-7-8-18(14(2)9-13)22-12-20(26)23-24-21(27)17-10-15-5-3-4-6-16(15)11-19(17)25/h3-11,22,25H,12H2,1-2H3,(H,23,26)(H,24,27). The van der Waals surface area contributed by atoms with Crippen LogP contribution >= 0.6 is 0 Å². The fourth-order valence-corrected chi connectivity index (χ4v) is 2.84. The molecule has 0 saturated heterocycles. The van der Waals surface area contributed by atoms with E-state index in [-0.39, 0.29) is 17.9 Å². The number of nitrogens with one attached hydrogen (secondary N) is 3. The zero-order valence-corrected chi connectivity index (χ0v) is 15.2. The Bertz CT molecular complexity index is 1010. The first-order chi connectivity index (χ1) is 12.9. The van der Waals surface area contributed by atoms with Gasteiger partial charge < -0.3 is 10.4 Å². The first-order valence-corrected chi connectivity index (χ1v) is 8.56. The van der Waals surface area contributed by atoms with Crippen LogP contribution < -0.4 is 16.2 Å². The number of hydrazine groups is 1. The lowest BCUT2D eigenvalue weighted by atomic mass is 10.1. The normalized spacial score (nSPS) is 10.4. The molecule has 3 aromatic rings. The van der Waals surface area contributed by atoms with Gasteiger partial charge in [-0.25, -0.2) is 0 Å². The Kier molecular flexibility index (Phi) is 5.26. The van der Waals surface area contributed by atoms with Crippen LogP contribution in [-0.4, -0.2) is 23.5 Å². The molecule has 6 heteroatoms. The molecular formula is C21H21N3O3. The minimum absolute atomic E-state index is 0.00782. The van der Waals surface area contributed by atoms with E-state index in [0.717, 1.165) is 27.6 Å². The number of hydrogen-bond donors (Lipinski definition) is 4.